The summed E-state index contributed by atoms with van der Waals surface area (Å²) in [5, 5.41) is 11.0. The first kappa shape index (κ1) is 20.2. The lowest BCUT2D eigenvalue weighted by Crippen LogP contribution is -2.28. The molecular formula is C23H23ClF2N4O. The van der Waals surface area contributed by atoms with Gasteiger partial charge in [-0.1, -0.05) is 11.6 Å². The van der Waals surface area contributed by atoms with Crippen molar-refractivity contribution in [3.05, 3.63) is 57.2 Å². The Bertz CT molecular complexity index is 1170. The van der Waals surface area contributed by atoms with Crippen molar-refractivity contribution >= 4 is 29.1 Å². The van der Waals surface area contributed by atoms with Gasteiger partial charge in [0.15, 0.2) is 0 Å². The van der Waals surface area contributed by atoms with Gasteiger partial charge in [0, 0.05) is 42.4 Å². The lowest BCUT2D eigenvalue weighted by atomic mass is 9.81. The molecule has 3 aliphatic rings. The van der Waals surface area contributed by atoms with Crippen LogP contribution in [-0.2, 0) is 6.54 Å². The first-order valence-electron chi connectivity index (χ1n) is 10.5. The quantitative estimate of drug-likeness (QED) is 0.764. The van der Waals surface area contributed by atoms with Crippen LogP contribution < -0.4 is 20.3 Å². The number of rotatable bonds is 3. The Morgan fingerprint density at radius 1 is 1.13 bits per heavy atom. The van der Waals surface area contributed by atoms with Crippen LogP contribution in [0.1, 0.15) is 31.2 Å². The molecule has 1 aromatic heterocycles. The molecule has 0 amide bonds. The zero-order valence-corrected chi connectivity index (χ0v) is 17.9. The number of fused-ring (bicyclic) bond motifs is 3. The normalized spacial score (nSPS) is 22.9. The minimum absolute atomic E-state index is 0.0727. The van der Waals surface area contributed by atoms with Crippen LogP contribution in [0, 0.1) is 17.6 Å². The molecule has 5 nitrogen and oxygen atoms in total. The molecule has 5 rings (SSSR count). The first-order chi connectivity index (χ1) is 15.0. The monoisotopic (exact) mass is 444 g/mol. The average Bonchev–Trinajstić information content (AvgIpc) is 3.06. The third-order valence-electron chi connectivity index (χ3n) is 6.28. The van der Waals surface area contributed by atoms with Gasteiger partial charge in [0.2, 0.25) is 0 Å². The topological polar surface area (TPSA) is 53.0 Å². The van der Waals surface area contributed by atoms with Crippen molar-refractivity contribution in [2.45, 2.75) is 38.3 Å². The predicted octanol–water partition coefficient (Wildman–Crippen LogP) is 4.36. The summed E-state index contributed by atoms with van der Waals surface area (Å²) in [5.41, 5.74) is 3.41. The Balaban J connectivity index is 1.43. The first-order valence-corrected chi connectivity index (χ1v) is 10.9. The van der Waals surface area contributed by atoms with Crippen LogP contribution in [-0.4, -0.2) is 24.7 Å². The molecule has 1 N–H and O–H groups in total. The summed E-state index contributed by atoms with van der Waals surface area (Å²) in [4.78, 5) is 5.73. The highest BCUT2D eigenvalue weighted by atomic mass is 35.5. The van der Waals surface area contributed by atoms with Crippen LogP contribution in [0.3, 0.4) is 0 Å². The molecule has 162 valence electrons. The zero-order chi connectivity index (χ0) is 21.5. The van der Waals surface area contributed by atoms with Crippen LogP contribution in [0.15, 0.2) is 39.5 Å². The Kier molecular flexibility index (Phi) is 5.30. The van der Waals surface area contributed by atoms with E-state index in [-0.39, 0.29) is 17.8 Å². The second kappa shape index (κ2) is 8.11. The summed E-state index contributed by atoms with van der Waals surface area (Å²) >= 11 is 6.78. The van der Waals surface area contributed by atoms with Gasteiger partial charge in [-0.3, -0.25) is 0 Å². The maximum absolute atomic E-state index is 13.5. The zero-order valence-electron chi connectivity index (χ0n) is 17.2. The number of H-pyrrole nitrogens is 1. The molecule has 1 aromatic carbocycles. The Labute approximate surface area is 183 Å². The highest BCUT2D eigenvalue weighted by Gasteiger charge is 2.30. The molecule has 0 unspecified atom stereocenters. The maximum atomic E-state index is 13.5. The van der Waals surface area contributed by atoms with Crippen molar-refractivity contribution in [3.63, 3.8) is 0 Å². The van der Waals surface area contributed by atoms with Gasteiger partial charge in [0.05, 0.1) is 35.2 Å². The lowest BCUT2D eigenvalue weighted by molar-refractivity contribution is 0.142. The Morgan fingerprint density at radius 3 is 2.61 bits per heavy atom. The molecule has 1 aliphatic carbocycles. The number of benzene rings is 1. The molecule has 1 fully saturated rings. The summed E-state index contributed by atoms with van der Waals surface area (Å²) in [6.45, 7) is 1.28. The predicted molar refractivity (Wildman–Crippen MR) is 116 cm³/mol. The van der Waals surface area contributed by atoms with Crippen molar-refractivity contribution in [1.82, 2.24) is 4.98 Å². The largest absolute Gasteiger partial charge is 0.490 e. The van der Waals surface area contributed by atoms with Crippen LogP contribution in [0.25, 0.3) is 11.8 Å². The molecule has 0 spiro atoms. The van der Waals surface area contributed by atoms with E-state index < -0.39 is 11.6 Å². The minimum Gasteiger partial charge on any atom is -0.490 e. The lowest BCUT2D eigenvalue weighted by Gasteiger charge is -2.30. The van der Waals surface area contributed by atoms with E-state index in [9.17, 15) is 8.78 Å². The van der Waals surface area contributed by atoms with Crippen molar-refractivity contribution < 1.29 is 13.5 Å². The van der Waals surface area contributed by atoms with Crippen LogP contribution in [0.4, 0.5) is 14.5 Å². The van der Waals surface area contributed by atoms with E-state index in [0.29, 0.717) is 6.54 Å². The number of ether oxygens (including phenoxy) is 1. The fourth-order valence-electron chi connectivity index (χ4n) is 4.84. The van der Waals surface area contributed by atoms with E-state index in [2.05, 4.69) is 33.2 Å². The Hall–Kier alpha value is -2.67. The van der Waals surface area contributed by atoms with Crippen molar-refractivity contribution in [3.8, 4) is 5.75 Å². The van der Waals surface area contributed by atoms with Gasteiger partial charge in [-0.15, -0.1) is 0 Å². The number of halogens is 3. The minimum atomic E-state index is -0.628. The summed E-state index contributed by atoms with van der Waals surface area (Å²) in [6, 6.07) is 3.31. The van der Waals surface area contributed by atoms with Crippen molar-refractivity contribution in [2.75, 3.05) is 18.5 Å². The fraction of sp³-hybridized carbons (Fsp3) is 0.391. The van der Waals surface area contributed by atoms with Gasteiger partial charge < -0.3 is 14.6 Å². The third kappa shape index (κ3) is 3.87. The third-order valence-corrected chi connectivity index (χ3v) is 6.64. The fourth-order valence-corrected chi connectivity index (χ4v) is 5.16. The van der Waals surface area contributed by atoms with Crippen molar-refractivity contribution in [2.24, 2.45) is 16.1 Å². The molecule has 1 saturated carbocycles. The number of nitrogens with zero attached hydrogens (tertiary/aromatic N) is 3. The molecule has 2 aromatic rings. The SMILES string of the molecule is CN1CC=C(Cl)C([C@H]2CC[C@H](Oc3cc(F)cc(F)c3)CC2)=c2[nH]c3c(c21)CN=NC=3. The standard InChI is InChI=1S/C23H23ClF2N4O/c1-30-7-6-19(24)21(22-23(30)18-11-27-28-12-20(18)29-22)13-2-4-16(5-3-13)31-17-9-14(25)8-15(26)10-17/h6,8-10,12-13,16,29H,2-5,7,11H2,1H3/t13-,16-. The van der Waals surface area contributed by atoms with Crippen molar-refractivity contribution in [1.29, 1.82) is 0 Å². The number of aromatic nitrogens is 1. The molecular weight excluding hydrogens is 422 g/mol. The van der Waals surface area contributed by atoms with Gasteiger partial charge in [-0.05, 0) is 43.3 Å². The van der Waals surface area contributed by atoms with Gasteiger partial charge in [0.25, 0.3) is 0 Å². The molecule has 0 atom stereocenters. The van der Waals surface area contributed by atoms with E-state index in [1.54, 1.807) is 6.20 Å². The smallest absolute Gasteiger partial charge is 0.129 e. The number of likely N-dealkylation sites (N-methyl/N-ethyl adjacent to an activating group) is 1. The molecule has 0 saturated heterocycles. The summed E-state index contributed by atoms with van der Waals surface area (Å²) < 4.78 is 32.8. The second-order valence-electron chi connectivity index (χ2n) is 8.33. The van der Waals surface area contributed by atoms with E-state index in [4.69, 9.17) is 16.3 Å². The molecule has 0 bridgehead atoms. The van der Waals surface area contributed by atoms with Crippen LogP contribution >= 0.6 is 11.6 Å². The molecule has 3 heterocycles. The number of hydrogen-bond acceptors (Lipinski definition) is 4. The van der Waals surface area contributed by atoms with E-state index in [1.165, 1.54) is 12.1 Å². The summed E-state index contributed by atoms with van der Waals surface area (Å²) in [6.07, 6.45) is 7.09. The summed E-state index contributed by atoms with van der Waals surface area (Å²) in [5.74, 6) is -0.744. The van der Waals surface area contributed by atoms with Gasteiger partial charge in [0.1, 0.15) is 17.4 Å². The van der Waals surface area contributed by atoms with Crippen LogP contribution in [0.2, 0.25) is 0 Å². The number of aromatic amines is 1. The second-order valence-corrected chi connectivity index (χ2v) is 8.74. The number of hydrogen-bond donors (Lipinski definition) is 1. The number of allylic oxidation sites excluding steroid dienone is 1. The van der Waals surface area contributed by atoms with Gasteiger partial charge in [-0.25, -0.2) is 8.78 Å². The van der Waals surface area contributed by atoms with E-state index in [0.717, 1.165) is 70.8 Å². The molecule has 31 heavy (non-hydrogen) atoms. The molecule has 8 heteroatoms. The number of anilines is 1. The Morgan fingerprint density at radius 2 is 1.87 bits per heavy atom. The van der Waals surface area contributed by atoms with Gasteiger partial charge >= 0.3 is 0 Å². The van der Waals surface area contributed by atoms with Crippen LogP contribution in [0.5, 0.6) is 5.75 Å². The average molecular weight is 445 g/mol. The highest BCUT2D eigenvalue weighted by Crippen LogP contribution is 2.38. The molecule has 0 radical (unpaired) electrons. The maximum Gasteiger partial charge on any atom is 0.129 e. The van der Waals surface area contributed by atoms with Gasteiger partial charge in [-0.2, -0.15) is 10.2 Å². The highest BCUT2D eigenvalue weighted by molar-refractivity contribution is 6.36. The van der Waals surface area contributed by atoms with E-state index in [1.807, 2.05) is 0 Å². The molecule has 2 aliphatic heterocycles. The number of nitrogens with one attached hydrogen (secondary N) is 1. The number of azo groups is 1. The summed E-state index contributed by atoms with van der Waals surface area (Å²) in [7, 11) is 2.06. The van der Waals surface area contributed by atoms with E-state index >= 15 is 0 Å².